The van der Waals surface area contributed by atoms with Crippen LogP contribution in [0.25, 0.3) is 11.6 Å². The summed E-state index contributed by atoms with van der Waals surface area (Å²) in [6.45, 7) is 8.14. The fourth-order valence-electron chi connectivity index (χ4n) is 2.88. The Morgan fingerprint density at radius 2 is 1.18 bits per heavy atom. The largest absolute Gasteiger partial charge is 2.00 e. The molecule has 7 heteroatoms. The second-order valence-electron chi connectivity index (χ2n) is 7.09. The molecule has 6 nitrogen and oxygen atoms in total. The third-order valence-electron chi connectivity index (χ3n) is 4.48. The van der Waals surface area contributed by atoms with Gasteiger partial charge in [0.1, 0.15) is 0 Å². The number of nitrogens with zero attached hydrogens (tertiary/aromatic N) is 6. The van der Waals surface area contributed by atoms with Crippen molar-refractivity contribution in [3.63, 3.8) is 0 Å². The molecule has 144 valence electrons. The van der Waals surface area contributed by atoms with Gasteiger partial charge in [-0.2, -0.15) is 0 Å². The minimum Gasteiger partial charge on any atom is -0.343 e. The molecule has 0 fully saturated rings. The van der Waals surface area contributed by atoms with Gasteiger partial charge < -0.3 is 9.36 Å². The zero-order chi connectivity index (χ0) is 19.0. The van der Waals surface area contributed by atoms with Crippen molar-refractivity contribution in [3.8, 4) is 11.6 Å². The smallest absolute Gasteiger partial charge is 0.343 e. The Labute approximate surface area is 178 Å². The van der Waals surface area contributed by atoms with Gasteiger partial charge in [-0.1, -0.05) is 50.5 Å². The van der Waals surface area contributed by atoms with Crippen LogP contribution in [-0.4, -0.2) is 29.5 Å². The van der Waals surface area contributed by atoms with E-state index in [0.717, 1.165) is 34.2 Å². The SMILES string of the molecule is Cc1[c-]n(-c2cccc(C(C)(C)c3cccc(-n4[c-]c(C)cn4)n3)n2)nc1.[Pd+2]. The van der Waals surface area contributed by atoms with Crippen LogP contribution in [0.3, 0.4) is 0 Å². The first-order valence-corrected chi connectivity index (χ1v) is 8.77. The maximum Gasteiger partial charge on any atom is 2.00 e. The van der Waals surface area contributed by atoms with Crippen LogP contribution in [0.15, 0.2) is 48.8 Å². The molecule has 0 aliphatic rings. The van der Waals surface area contributed by atoms with Crippen molar-refractivity contribution in [2.75, 3.05) is 0 Å². The van der Waals surface area contributed by atoms with Gasteiger partial charge in [0, 0.05) is 16.8 Å². The number of aryl methyl sites for hydroxylation is 2. The molecule has 4 heterocycles. The zero-order valence-electron chi connectivity index (χ0n) is 16.1. The summed E-state index contributed by atoms with van der Waals surface area (Å²) in [6, 6.07) is 11.8. The van der Waals surface area contributed by atoms with E-state index in [2.05, 4.69) is 36.4 Å². The zero-order valence-corrected chi connectivity index (χ0v) is 17.7. The normalized spacial score (nSPS) is 11.3. The summed E-state index contributed by atoms with van der Waals surface area (Å²) in [5.41, 5.74) is 3.37. The van der Waals surface area contributed by atoms with Crippen LogP contribution < -0.4 is 0 Å². The Kier molecular flexibility index (Phi) is 5.60. The van der Waals surface area contributed by atoms with Gasteiger partial charge in [-0.3, -0.25) is 20.2 Å². The Balaban J connectivity index is 0.00000225. The van der Waals surface area contributed by atoms with Crippen LogP contribution in [0, 0.1) is 26.2 Å². The van der Waals surface area contributed by atoms with Crippen molar-refractivity contribution in [2.24, 2.45) is 0 Å². The van der Waals surface area contributed by atoms with E-state index in [9.17, 15) is 0 Å². The van der Waals surface area contributed by atoms with Crippen LogP contribution in [0.4, 0.5) is 0 Å². The minimum atomic E-state index is -0.392. The molecule has 0 spiro atoms. The predicted molar refractivity (Wildman–Crippen MR) is 102 cm³/mol. The van der Waals surface area contributed by atoms with Gasteiger partial charge in [-0.15, -0.1) is 11.1 Å². The molecule has 0 radical (unpaired) electrons. The second kappa shape index (κ2) is 7.78. The average Bonchev–Trinajstić information content (AvgIpc) is 3.30. The van der Waals surface area contributed by atoms with E-state index in [0.29, 0.717) is 0 Å². The van der Waals surface area contributed by atoms with Gasteiger partial charge in [-0.25, -0.2) is 0 Å². The first kappa shape index (κ1) is 20.1. The molecule has 4 aromatic rings. The summed E-state index contributed by atoms with van der Waals surface area (Å²) in [7, 11) is 0. The summed E-state index contributed by atoms with van der Waals surface area (Å²) >= 11 is 0. The molecule has 4 rings (SSSR count). The van der Waals surface area contributed by atoms with Gasteiger partial charge >= 0.3 is 20.4 Å². The maximum absolute atomic E-state index is 4.81. The average molecular weight is 463 g/mol. The molecular formula is C21H20N6Pd. The number of aromatic nitrogens is 6. The minimum absolute atomic E-state index is 0. The van der Waals surface area contributed by atoms with Gasteiger partial charge in [-0.05, 0) is 38.4 Å². The van der Waals surface area contributed by atoms with Crippen LogP contribution in [0.1, 0.15) is 36.4 Å². The molecule has 0 unspecified atom stereocenters. The van der Waals surface area contributed by atoms with Gasteiger partial charge in [0.05, 0.1) is 11.6 Å². The van der Waals surface area contributed by atoms with Gasteiger partial charge in [0.15, 0.2) is 0 Å². The van der Waals surface area contributed by atoms with Gasteiger partial charge in [0.2, 0.25) is 0 Å². The van der Waals surface area contributed by atoms with E-state index >= 15 is 0 Å². The Morgan fingerprint density at radius 1 is 0.750 bits per heavy atom. The number of rotatable bonds is 4. The van der Waals surface area contributed by atoms with Crippen molar-refractivity contribution in [3.05, 3.63) is 83.7 Å². The van der Waals surface area contributed by atoms with E-state index in [1.54, 1.807) is 21.8 Å². The molecular weight excluding hydrogens is 443 g/mol. The van der Waals surface area contributed by atoms with Gasteiger partial charge in [0.25, 0.3) is 0 Å². The summed E-state index contributed by atoms with van der Waals surface area (Å²) in [5, 5.41) is 8.61. The van der Waals surface area contributed by atoms with Crippen LogP contribution >= 0.6 is 0 Å². The topological polar surface area (TPSA) is 61.4 Å². The molecule has 4 aromatic heterocycles. The molecule has 0 aliphatic heterocycles. The molecule has 0 N–H and O–H groups in total. The predicted octanol–water partition coefficient (Wildman–Crippen LogP) is 3.39. The van der Waals surface area contributed by atoms with Crippen LogP contribution in [0.2, 0.25) is 0 Å². The van der Waals surface area contributed by atoms with Crippen LogP contribution in [-0.2, 0) is 25.8 Å². The third-order valence-corrected chi connectivity index (χ3v) is 4.48. The molecule has 0 aromatic carbocycles. The summed E-state index contributed by atoms with van der Waals surface area (Å²) in [6.07, 6.45) is 9.85. The molecule has 0 atom stereocenters. The third kappa shape index (κ3) is 3.82. The van der Waals surface area contributed by atoms with Crippen molar-refractivity contribution in [1.29, 1.82) is 0 Å². The first-order valence-electron chi connectivity index (χ1n) is 8.77. The fourth-order valence-corrected chi connectivity index (χ4v) is 2.88. The number of hydrogen-bond donors (Lipinski definition) is 0. The summed E-state index contributed by atoms with van der Waals surface area (Å²) in [4.78, 5) is 9.62. The van der Waals surface area contributed by atoms with Crippen LogP contribution in [0.5, 0.6) is 0 Å². The van der Waals surface area contributed by atoms with Crippen molar-refractivity contribution >= 4 is 0 Å². The first-order chi connectivity index (χ1) is 12.9. The quantitative estimate of drug-likeness (QED) is 0.344. The number of pyridine rings is 2. The molecule has 0 amide bonds. The molecule has 0 saturated heterocycles. The van der Waals surface area contributed by atoms with E-state index in [-0.39, 0.29) is 20.4 Å². The fraction of sp³-hybridized carbons (Fsp3) is 0.238. The summed E-state index contributed by atoms with van der Waals surface area (Å²) in [5.74, 6) is 1.47. The molecule has 0 saturated carbocycles. The maximum atomic E-state index is 4.81. The van der Waals surface area contributed by atoms with Crippen molar-refractivity contribution in [1.82, 2.24) is 29.5 Å². The van der Waals surface area contributed by atoms with Crippen molar-refractivity contribution in [2.45, 2.75) is 33.1 Å². The standard InChI is InChI=1S/C21H20N6.Pd/c1-15-11-22-26(13-15)19-9-5-7-17(24-19)21(3,4)18-8-6-10-20(25-18)27-14-16(2)12-23-27;/h5-12H,1-4H3;/q-2;+2. The van der Waals surface area contributed by atoms with E-state index in [4.69, 9.17) is 9.97 Å². The summed E-state index contributed by atoms with van der Waals surface area (Å²) < 4.78 is 3.33. The molecule has 28 heavy (non-hydrogen) atoms. The van der Waals surface area contributed by atoms with E-state index < -0.39 is 5.41 Å². The van der Waals surface area contributed by atoms with E-state index in [1.807, 2.05) is 50.2 Å². The Bertz CT molecular complexity index is 1010. The molecule has 0 aliphatic carbocycles. The van der Waals surface area contributed by atoms with Crippen molar-refractivity contribution < 1.29 is 20.4 Å². The molecule has 0 bridgehead atoms. The Morgan fingerprint density at radius 3 is 1.54 bits per heavy atom. The Hall–Kier alpha value is -2.62. The second-order valence-corrected chi connectivity index (χ2v) is 7.09. The monoisotopic (exact) mass is 462 g/mol. The number of hydrogen-bond acceptors (Lipinski definition) is 4. The van der Waals surface area contributed by atoms with E-state index in [1.165, 1.54) is 0 Å².